The van der Waals surface area contributed by atoms with Crippen molar-refractivity contribution in [1.29, 1.82) is 0 Å². The van der Waals surface area contributed by atoms with E-state index in [0.717, 1.165) is 12.8 Å². The van der Waals surface area contributed by atoms with E-state index in [1.165, 1.54) is 0 Å². The number of hydrogen-bond donors (Lipinski definition) is 1. The first kappa shape index (κ1) is 19.7. The second kappa shape index (κ2) is 8.52. The van der Waals surface area contributed by atoms with Crippen LogP contribution in [-0.4, -0.2) is 55.2 Å². The van der Waals surface area contributed by atoms with Crippen LogP contribution in [0.2, 0.25) is 0 Å². The third-order valence-electron chi connectivity index (χ3n) is 3.79. The molecule has 1 aliphatic rings. The van der Waals surface area contributed by atoms with Crippen molar-refractivity contribution in [2.75, 3.05) is 26.2 Å². The fourth-order valence-corrected chi connectivity index (χ4v) is 2.55. The minimum Gasteiger partial charge on any atom is -0.454 e. The van der Waals surface area contributed by atoms with Gasteiger partial charge in [0.1, 0.15) is 6.04 Å². The number of piperidine rings is 1. The van der Waals surface area contributed by atoms with E-state index in [2.05, 4.69) is 5.32 Å². The normalized spacial score (nSPS) is 20.5. The Labute approximate surface area is 134 Å². The van der Waals surface area contributed by atoms with Gasteiger partial charge in [-0.05, 0) is 24.7 Å². The lowest BCUT2D eigenvalue weighted by atomic mass is 10.0. The molecule has 0 saturated carbocycles. The molecule has 1 saturated heterocycles. The number of halogens is 3. The minimum atomic E-state index is -4.41. The quantitative estimate of drug-likeness (QED) is 0.752. The Balaban J connectivity index is 2.46. The summed E-state index contributed by atoms with van der Waals surface area (Å²) in [4.78, 5) is 25.6. The molecule has 23 heavy (non-hydrogen) atoms. The van der Waals surface area contributed by atoms with Crippen LogP contribution in [0, 0.1) is 11.8 Å². The van der Waals surface area contributed by atoms with Gasteiger partial charge in [0.2, 0.25) is 0 Å². The van der Waals surface area contributed by atoms with E-state index in [9.17, 15) is 22.8 Å². The van der Waals surface area contributed by atoms with Gasteiger partial charge in [-0.3, -0.25) is 14.9 Å². The molecule has 5 nitrogen and oxygen atoms in total. The number of carbonyl (C=O) groups excluding carboxylic acids is 2. The van der Waals surface area contributed by atoms with Gasteiger partial charge >= 0.3 is 12.1 Å². The molecule has 1 aliphatic heterocycles. The molecule has 134 valence electrons. The lowest BCUT2D eigenvalue weighted by molar-refractivity contribution is -0.157. The molecule has 0 spiro atoms. The summed E-state index contributed by atoms with van der Waals surface area (Å²) in [6.45, 7) is 4.82. The summed E-state index contributed by atoms with van der Waals surface area (Å²) in [5, 5.41) is 2.14. The molecule has 0 aromatic carbocycles. The molecule has 1 N–H and O–H groups in total. The molecule has 2 atom stereocenters. The average Bonchev–Trinajstić information content (AvgIpc) is 2.43. The lowest BCUT2D eigenvalue weighted by Crippen LogP contribution is -2.47. The standard InChI is InChI=1S/C15H25F3N2O3/c1-10(2)13(19-9-15(16,17)18)14(22)23-8-12(21)20-6-4-5-11(3)7-20/h10-11,13,19H,4-9H2,1-3H3. The summed E-state index contributed by atoms with van der Waals surface area (Å²) in [5.74, 6) is -1.11. The van der Waals surface area contributed by atoms with Gasteiger partial charge in [0, 0.05) is 13.1 Å². The Morgan fingerprint density at radius 1 is 1.35 bits per heavy atom. The van der Waals surface area contributed by atoms with Gasteiger partial charge < -0.3 is 9.64 Å². The smallest absolute Gasteiger partial charge is 0.401 e. The van der Waals surface area contributed by atoms with Gasteiger partial charge in [0.25, 0.3) is 5.91 Å². The van der Waals surface area contributed by atoms with Crippen LogP contribution in [0.1, 0.15) is 33.6 Å². The van der Waals surface area contributed by atoms with E-state index in [1.54, 1.807) is 18.7 Å². The van der Waals surface area contributed by atoms with Crippen LogP contribution in [0.15, 0.2) is 0 Å². The molecular weight excluding hydrogens is 313 g/mol. The summed E-state index contributed by atoms with van der Waals surface area (Å²) in [7, 11) is 0. The summed E-state index contributed by atoms with van der Waals surface area (Å²) in [5.41, 5.74) is 0. The third kappa shape index (κ3) is 7.20. The average molecular weight is 338 g/mol. The number of nitrogens with zero attached hydrogens (tertiary/aromatic N) is 1. The van der Waals surface area contributed by atoms with Crippen molar-refractivity contribution < 1.29 is 27.5 Å². The molecule has 0 bridgehead atoms. The van der Waals surface area contributed by atoms with Crippen molar-refractivity contribution in [3.8, 4) is 0 Å². The van der Waals surface area contributed by atoms with Gasteiger partial charge in [0.15, 0.2) is 6.61 Å². The fourth-order valence-electron chi connectivity index (χ4n) is 2.55. The Morgan fingerprint density at radius 2 is 2.00 bits per heavy atom. The molecule has 0 aromatic rings. The highest BCUT2D eigenvalue weighted by Crippen LogP contribution is 2.16. The number of amides is 1. The summed E-state index contributed by atoms with van der Waals surface area (Å²) in [6, 6.07) is -1.09. The fraction of sp³-hybridized carbons (Fsp3) is 0.867. The highest BCUT2D eigenvalue weighted by molar-refractivity contribution is 5.82. The molecule has 8 heteroatoms. The highest BCUT2D eigenvalue weighted by atomic mass is 19.4. The Hall–Kier alpha value is -1.31. The van der Waals surface area contributed by atoms with Gasteiger partial charge in [-0.2, -0.15) is 13.2 Å². The third-order valence-corrected chi connectivity index (χ3v) is 3.79. The number of ether oxygens (including phenoxy) is 1. The van der Waals surface area contributed by atoms with E-state index >= 15 is 0 Å². The topological polar surface area (TPSA) is 58.6 Å². The van der Waals surface area contributed by atoms with Crippen molar-refractivity contribution in [3.63, 3.8) is 0 Å². The van der Waals surface area contributed by atoms with Crippen LogP contribution in [0.4, 0.5) is 13.2 Å². The first-order valence-corrected chi connectivity index (χ1v) is 7.84. The van der Waals surface area contributed by atoms with E-state index in [4.69, 9.17) is 4.74 Å². The molecule has 2 unspecified atom stereocenters. The van der Waals surface area contributed by atoms with Crippen molar-refractivity contribution in [1.82, 2.24) is 10.2 Å². The minimum absolute atomic E-state index is 0.303. The SMILES string of the molecule is CC1CCCN(C(=O)COC(=O)C(NCC(F)(F)F)C(C)C)C1. The van der Waals surface area contributed by atoms with Gasteiger partial charge in [-0.15, -0.1) is 0 Å². The van der Waals surface area contributed by atoms with Crippen molar-refractivity contribution in [3.05, 3.63) is 0 Å². The maximum atomic E-state index is 12.3. The first-order chi connectivity index (χ1) is 10.6. The predicted molar refractivity (Wildman–Crippen MR) is 78.6 cm³/mol. The predicted octanol–water partition coefficient (Wildman–Crippen LogP) is 1.96. The molecular formula is C15H25F3N2O3. The number of alkyl halides is 3. The molecule has 1 amide bonds. The van der Waals surface area contributed by atoms with E-state index in [0.29, 0.717) is 19.0 Å². The van der Waals surface area contributed by atoms with Crippen LogP contribution >= 0.6 is 0 Å². The Kier molecular flexibility index (Phi) is 7.31. The zero-order chi connectivity index (χ0) is 17.6. The summed E-state index contributed by atoms with van der Waals surface area (Å²) in [6.07, 6.45) is -2.45. The zero-order valence-corrected chi connectivity index (χ0v) is 13.8. The van der Waals surface area contributed by atoms with Crippen molar-refractivity contribution in [2.45, 2.75) is 45.8 Å². The maximum absolute atomic E-state index is 12.3. The largest absolute Gasteiger partial charge is 0.454 e. The molecule has 1 rings (SSSR count). The van der Waals surface area contributed by atoms with Gasteiger partial charge in [-0.1, -0.05) is 20.8 Å². The molecule has 0 aliphatic carbocycles. The molecule has 1 heterocycles. The molecule has 0 aromatic heterocycles. The van der Waals surface area contributed by atoms with Crippen LogP contribution < -0.4 is 5.32 Å². The van der Waals surface area contributed by atoms with Crippen LogP contribution in [0.5, 0.6) is 0 Å². The monoisotopic (exact) mass is 338 g/mol. The summed E-state index contributed by atoms with van der Waals surface area (Å²) < 4.78 is 41.7. The first-order valence-electron chi connectivity index (χ1n) is 7.84. The van der Waals surface area contributed by atoms with Crippen molar-refractivity contribution in [2.24, 2.45) is 11.8 Å². The molecule has 1 fully saturated rings. The number of nitrogens with one attached hydrogen (secondary N) is 1. The number of carbonyl (C=O) groups is 2. The van der Waals surface area contributed by atoms with E-state index in [1.807, 2.05) is 6.92 Å². The van der Waals surface area contributed by atoms with Gasteiger partial charge in [-0.25, -0.2) is 0 Å². The molecule has 0 radical (unpaired) electrons. The van der Waals surface area contributed by atoms with Crippen LogP contribution in [0.3, 0.4) is 0 Å². The van der Waals surface area contributed by atoms with Gasteiger partial charge in [0.05, 0.1) is 6.54 Å². The number of hydrogen-bond acceptors (Lipinski definition) is 4. The highest BCUT2D eigenvalue weighted by Gasteiger charge is 2.32. The number of rotatable bonds is 6. The van der Waals surface area contributed by atoms with E-state index < -0.39 is 31.3 Å². The second-order valence-electron chi connectivity index (χ2n) is 6.41. The van der Waals surface area contributed by atoms with Crippen LogP contribution in [-0.2, 0) is 14.3 Å². The Morgan fingerprint density at radius 3 is 2.52 bits per heavy atom. The maximum Gasteiger partial charge on any atom is 0.401 e. The van der Waals surface area contributed by atoms with Crippen molar-refractivity contribution >= 4 is 11.9 Å². The Bertz CT molecular complexity index is 413. The number of likely N-dealkylation sites (tertiary alicyclic amines) is 1. The lowest BCUT2D eigenvalue weighted by Gasteiger charge is -2.31. The zero-order valence-electron chi connectivity index (χ0n) is 13.8. The van der Waals surface area contributed by atoms with Crippen LogP contribution in [0.25, 0.3) is 0 Å². The van der Waals surface area contributed by atoms with E-state index in [-0.39, 0.29) is 11.8 Å². The summed E-state index contributed by atoms with van der Waals surface area (Å²) >= 11 is 0. The second-order valence-corrected chi connectivity index (χ2v) is 6.41. The number of esters is 1.